The molecular weight excluding hydrogens is 558 g/mol. The highest BCUT2D eigenvalue weighted by Gasteiger charge is 2.77. The Morgan fingerprint density at radius 2 is 2.11 bits per heavy atom. The number of hydrogen-bond donors (Lipinski definition) is 2. The van der Waals surface area contributed by atoms with Crippen molar-refractivity contribution in [2.75, 3.05) is 32.8 Å². The average Bonchev–Trinajstić information content (AvgIpc) is 3.47. The zero-order chi connectivity index (χ0) is 28.0. The lowest BCUT2D eigenvalue weighted by Gasteiger charge is -2.37. The predicted octanol–water partition coefficient (Wildman–Crippen LogP) is 1.56. The normalized spacial score (nSPS) is 30.1. The molecule has 1 unspecified atom stereocenters. The van der Waals surface area contributed by atoms with Gasteiger partial charge in [0.05, 0.1) is 31.1 Å². The zero-order valence-electron chi connectivity index (χ0n) is 22.3. The number of aliphatic hydroxyl groups is 1. The molecule has 0 saturated carbocycles. The molecular formula is C27H40BrN3O7. The van der Waals surface area contributed by atoms with Crippen molar-refractivity contribution in [2.45, 2.75) is 74.6 Å². The Labute approximate surface area is 232 Å². The summed E-state index contributed by atoms with van der Waals surface area (Å²) in [5.74, 6) is -3.25. The second-order valence-corrected chi connectivity index (χ2v) is 11.4. The van der Waals surface area contributed by atoms with Crippen LogP contribution in [0.1, 0.15) is 46.0 Å². The lowest BCUT2D eigenvalue weighted by molar-refractivity contribution is -0.159. The van der Waals surface area contributed by atoms with Crippen LogP contribution in [0.3, 0.4) is 0 Å². The Balaban J connectivity index is 1.84. The molecule has 0 aliphatic carbocycles. The lowest BCUT2D eigenvalue weighted by atomic mass is 9.70. The minimum absolute atomic E-state index is 0.0426. The minimum Gasteiger partial charge on any atom is -0.460 e. The van der Waals surface area contributed by atoms with Crippen molar-refractivity contribution < 1.29 is 33.8 Å². The number of fused-ring (bicyclic) bond motifs is 1. The molecule has 38 heavy (non-hydrogen) atoms. The summed E-state index contributed by atoms with van der Waals surface area (Å²) in [6.45, 7) is 11.7. The van der Waals surface area contributed by atoms with E-state index in [2.05, 4.69) is 34.4 Å². The monoisotopic (exact) mass is 597 g/mol. The topological polar surface area (TPSA) is 125 Å². The lowest BCUT2D eigenvalue weighted by Crippen LogP contribution is -2.57. The van der Waals surface area contributed by atoms with E-state index in [-0.39, 0.29) is 42.2 Å². The molecule has 3 fully saturated rings. The molecule has 3 aliphatic rings. The van der Waals surface area contributed by atoms with E-state index in [4.69, 9.17) is 9.47 Å². The van der Waals surface area contributed by atoms with Gasteiger partial charge in [-0.05, 0) is 26.2 Å². The molecule has 2 bridgehead atoms. The van der Waals surface area contributed by atoms with Crippen LogP contribution in [-0.4, -0.2) is 100 Å². The second kappa shape index (κ2) is 13.2. The number of carbonyl (C=O) groups excluding carboxylic acids is 4. The molecule has 3 saturated heterocycles. The molecule has 3 aliphatic heterocycles. The van der Waals surface area contributed by atoms with Gasteiger partial charge in [0, 0.05) is 30.9 Å². The van der Waals surface area contributed by atoms with Gasteiger partial charge in [0.15, 0.2) is 0 Å². The first kappa shape index (κ1) is 30.3. The van der Waals surface area contributed by atoms with Crippen LogP contribution in [-0.2, 0) is 28.7 Å². The Morgan fingerprint density at radius 3 is 2.74 bits per heavy atom. The van der Waals surface area contributed by atoms with Gasteiger partial charge in [0.25, 0.3) is 0 Å². The number of hydrogen-bond acceptors (Lipinski definition) is 7. The van der Waals surface area contributed by atoms with Crippen LogP contribution in [0.4, 0.5) is 0 Å². The molecule has 3 heterocycles. The highest BCUT2D eigenvalue weighted by atomic mass is 79.9. The molecule has 0 radical (unpaired) electrons. The van der Waals surface area contributed by atoms with E-state index in [1.165, 1.54) is 4.90 Å². The SMILES string of the molecule is C=CCCC(=O)NC[C@@H](C)OC(=O)[C@@H]1[C@H]2O[C@@]3(CC2Br)[C@H](C(=O)N(CC=C)CCCC)N(CCO)C(=O)[C@@H]13. The third-order valence-electron chi connectivity index (χ3n) is 7.56. The first-order valence-electron chi connectivity index (χ1n) is 13.4. The number of ether oxygens (including phenoxy) is 2. The molecule has 3 rings (SSSR count). The molecule has 0 aromatic heterocycles. The summed E-state index contributed by atoms with van der Waals surface area (Å²) in [6, 6.07) is -0.964. The number of amides is 3. The Morgan fingerprint density at radius 1 is 1.37 bits per heavy atom. The summed E-state index contributed by atoms with van der Waals surface area (Å²) in [5, 5.41) is 12.5. The van der Waals surface area contributed by atoms with Crippen LogP contribution in [0.5, 0.6) is 0 Å². The first-order valence-corrected chi connectivity index (χ1v) is 14.3. The number of carbonyl (C=O) groups is 4. The minimum atomic E-state index is -1.21. The number of nitrogens with one attached hydrogen (secondary N) is 1. The number of rotatable bonds is 15. The molecule has 1 spiro atoms. The highest BCUT2D eigenvalue weighted by molar-refractivity contribution is 9.09. The van der Waals surface area contributed by atoms with Crippen molar-refractivity contribution in [3.63, 3.8) is 0 Å². The number of allylic oxidation sites excluding steroid dienone is 1. The van der Waals surface area contributed by atoms with Crippen molar-refractivity contribution in [3.05, 3.63) is 25.3 Å². The van der Waals surface area contributed by atoms with Gasteiger partial charge < -0.3 is 29.7 Å². The summed E-state index contributed by atoms with van der Waals surface area (Å²) >= 11 is 3.62. The van der Waals surface area contributed by atoms with Crippen LogP contribution in [0, 0.1) is 11.8 Å². The van der Waals surface area contributed by atoms with Crippen LogP contribution < -0.4 is 5.32 Å². The number of halogens is 1. The van der Waals surface area contributed by atoms with Gasteiger partial charge in [-0.3, -0.25) is 19.2 Å². The van der Waals surface area contributed by atoms with Gasteiger partial charge in [-0.15, -0.1) is 13.2 Å². The summed E-state index contributed by atoms with van der Waals surface area (Å²) in [6.07, 6.45) is 4.94. The Bertz CT molecular complexity index is 930. The molecule has 11 heteroatoms. The van der Waals surface area contributed by atoms with Gasteiger partial charge in [0.1, 0.15) is 17.7 Å². The van der Waals surface area contributed by atoms with Crippen molar-refractivity contribution in [3.8, 4) is 0 Å². The van der Waals surface area contributed by atoms with Gasteiger partial charge in [-0.2, -0.15) is 0 Å². The average molecular weight is 599 g/mol. The second-order valence-electron chi connectivity index (χ2n) is 10.2. The van der Waals surface area contributed by atoms with E-state index in [0.29, 0.717) is 32.4 Å². The third kappa shape index (κ3) is 5.84. The molecule has 3 amide bonds. The van der Waals surface area contributed by atoms with Crippen molar-refractivity contribution in [1.82, 2.24) is 15.1 Å². The summed E-state index contributed by atoms with van der Waals surface area (Å²) < 4.78 is 12.1. The van der Waals surface area contributed by atoms with Crippen molar-refractivity contribution in [2.24, 2.45) is 11.8 Å². The van der Waals surface area contributed by atoms with Crippen LogP contribution >= 0.6 is 15.9 Å². The fourth-order valence-electron chi connectivity index (χ4n) is 5.89. The quantitative estimate of drug-likeness (QED) is 0.167. The zero-order valence-corrected chi connectivity index (χ0v) is 23.9. The largest absolute Gasteiger partial charge is 0.460 e. The van der Waals surface area contributed by atoms with Crippen LogP contribution in [0.2, 0.25) is 0 Å². The molecule has 10 nitrogen and oxygen atoms in total. The smallest absolute Gasteiger partial charge is 0.312 e. The summed E-state index contributed by atoms with van der Waals surface area (Å²) in [5.41, 5.74) is -1.21. The number of likely N-dealkylation sites (tertiary alicyclic amines) is 1. The maximum absolute atomic E-state index is 13.9. The molecule has 212 valence electrons. The number of alkyl halides is 1. The molecule has 2 N–H and O–H groups in total. The predicted molar refractivity (Wildman–Crippen MR) is 144 cm³/mol. The molecule has 0 aromatic rings. The number of β-amino-alcohol motifs (C(OH)–C–C–N with tert-alkyl or cyclic N) is 1. The van der Waals surface area contributed by atoms with Crippen molar-refractivity contribution in [1.29, 1.82) is 0 Å². The standard InChI is InChI=1S/C27H40BrN3O7/c1-5-8-10-19(33)29-16-17(4)37-26(36)20-21-24(34)31(13-14-32)23(27(21)15-18(28)22(20)38-27)25(35)30(11-7-3)12-9-6-2/h5,7,17-18,20-23,32H,1,3,6,8-16H2,2,4H3,(H,29,33)/t17-,18?,20+,21-,22+,23+,27-/m1/s1. The maximum atomic E-state index is 13.9. The van der Waals surface area contributed by atoms with E-state index in [9.17, 15) is 24.3 Å². The fourth-order valence-corrected chi connectivity index (χ4v) is 6.84. The van der Waals surface area contributed by atoms with Crippen molar-refractivity contribution >= 4 is 39.6 Å². The van der Waals surface area contributed by atoms with Gasteiger partial charge in [0.2, 0.25) is 17.7 Å². The molecule has 0 aromatic carbocycles. The molecule has 7 atom stereocenters. The first-order chi connectivity index (χ1) is 18.2. The van der Waals surface area contributed by atoms with Crippen LogP contribution in [0.15, 0.2) is 25.3 Å². The number of unbranched alkanes of at least 4 members (excludes halogenated alkanes) is 1. The number of esters is 1. The number of aliphatic hydroxyl groups excluding tert-OH is 1. The highest BCUT2D eigenvalue weighted by Crippen LogP contribution is 2.60. The van der Waals surface area contributed by atoms with Gasteiger partial charge >= 0.3 is 5.97 Å². The third-order valence-corrected chi connectivity index (χ3v) is 8.40. The van der Waals surface area contributed by atoms with E-state index < -0.39 is 41.7 Å². The number of nitrogens with zero attached hydrogens (tertiary/aromatic N) is 2. The van der Waals surface area contributed by atoms with Gasteiger partial charge in [-0.25, -0.2) is 0 Å². The Hall–Kier alpha value is -2.24. The van der Waals surface area contributed by atoms with Crippen LogP contribution in [0.25, 0.3) is 0 Å². The van der Waals surface area contributed by atoms with E-state index in [1.807, 2.05) is 6.92 Å². The van der Waals surface area contributed by atoms with E-state index in [1.54, 1.807) is 24.0 Å². The summed E-state index contributed by atoms with van der Waals surface area (Å²) in [7, 11) is 0. The summed E-state index contributed by atoms with van der Waals surface area (Å²) in [4.78, 5) is 55.8. The maximum Gasteiger partial charge on any atom is 0.312 e. The van der Waals surface area contributed by atoms with Gasteiger partial charge in [-0.1, -0.05) is 41.4 Å². The fraction of sp³-hybridized carbons (Fsp3) is 0.704. The Kier molecular flexibility index (Phi) is 10.5. The van der Waals surface area contributed by atoms with E-state index >= 15 is 0 Å². The van der Waals surface area contributed by atoms with E-state index in [0.717, 1.165) is 12.8 Å².